The number of carbonyl (C=O) groups is 2. The number of likely N-dealkylation sites (tertiary alicyclic amines) is 1. The average Bonchev–Trinajstić information content (AvgIpc) is 3.25. The number of primary amides is 1. The van der Waals surface area contributed by atoms with Gasteiger partial charge < -0.3 is 15.4 Å². The van der Waals surface area contributed by atoms with E-state index in [4.69, 9.17) is 10.5 Å². The van der Waals surface area contributed by atoms with Crippen LogP contribution in [0.4, 0.5) is 0 Å². The number of nitrogens with two attached hydrogens (primary N) is 1. The van der Waals surface area contributed by atoms with Gasteiger partial charge in [-0.1, -0.05) is 48.2 Å². The molecule has 2 aromatic carbocycles. The quantitative estimate of drug-likeness (QED) is 0.497. The number of benzene rings is 2. The third-order valence-corrected chi connectivity index (χ3v) is 7.03. The van der Waals surface area contributed by atoms with Gasteiger partial charge in [0.1, 0.15) is 12.4 Å². The van der Waals surface area contributed by atoms with Gasteiger partial charge in [-0.2, -0.15) is 0 Å². The van der Waals surface area contributed by atoms with Crippen LogP contribution in [-0.2, 0) is 16.2 Å². The Morgan fingerprint density at radius 3 is 2.44 bits per heavy atom. The van der Waals surface area contributed by atoms with Crippen LogP contribution in [0.25, 0.3) is 5.69 Å². The second-order valence-electron chi connectivity index (χ2n) is 8.39. The van der Waals surface area contributed by atoms with Crippen LogP contribution in [0.15, 0.2) is 59.8 Å². The van der Waals surface area contributed by atoms with Crippen molar-refractivity contribution in [2.24, 2.45) is 11.7 Å². The monoisotopic (exact) mass is 479 g/mol. The Balaban J connectivity index is 1.50. The SMILES string of the molecule is Cc1ccccc1OCc1nnc(SC(C)C(=O)N2CCC(C(N)=O)CC2)n1-c1ccccc1. The maximum absolute atomic E-state index is 13.1. The molecule has 178 valence electrons. The van der Waals surface area contributed by atoms with Crippen LogP contribution in [-0.4, -0.2) is 49.8 Å². The Hall–Kier alpha value is -3.33. The van der Waals surface area contributed by atoms with Gasteiger partial charge in [-0.3, -0.25) is 14.2 Å². The van der Waals surface area contributed by atoms with Crippen LogP contribution in [0.1, 0.15) is 31.2 Å². The highest BCUT2D eigenvalue weighted by Gasteiger charge is 2.30. The molecule has 1 saturated heterocycles. The van der Waals surface area contributed by atoms with Gasteiger partial charge in [-0.05, 0) is 50.5 Å². The lowest BCUT2D eigenvalue weighted by molar-refractivity contribution is -0.134. The van der Waals surface area contributed by atoms with Crippen molar-refractivity contribution < 1.29 is 14.3 Å². The predicted molar refractivity (Wildman–Crippen MR) is 131 cm³/mol. The van der Waals surface area contributed by atoms with E-state index in [-0.39, 0.29) is 29.6 Å². The number of aryl methyl sites for hydroxylation is 1. The minimum absolute atomic E-state index is 0.0215. The second-order valence-corrected chi connectivity index (χ2v) is 9.69. The van der Waals surface area contributed by atoms with Gasteiger partial charge in [0.2, 0.25) is 11.8 Å². The fourth-order valence-electron chi connectivity index (χ4n) is 4.02. The number of para-hydroxylation sites is 2. The van der Waals surface area contributed by atoms with E-state index in [1.54, 1.807) is 0 Å². The topological polar surface area (TPSA) is 103 Å². The predicted octanol–water partition coefficient (Wildman–Crippen LogP) is 3.36. The summed E-state index contributed by atoms with van der Waals surface area (Å²) in [6.07, 6.45) is 1.22. The smallest absolute Gasteiger partial charge is 0.235 e. The highest BCUT2D eigenvalue weighted by atomic mass is 32.2. The molecule has 1 atom stereocenters. The number of carbonyl (C=O) groups excluding carboxylic acids is 2. The summed E-state index contributed by atoms with van der Waals surface area (Å²) in [5, 5.41) is 9.04. The van der Waals surface area contributed by atoms with E-state index >= 15 is 0 Å². The Morgan fingerprint density at radius 1 is 1.09 bits per heavy atom. The van der Waals surface area contributed by atoms with Crippen LogP contribution in [0.3, 0.4) is 0 Å². The summed E-state index contributed by atoms with van der Waals surface area (Å²) in [5.41, 5.74) is 7.37. The molecule has 4 rings (SSSR count). The molecule has 2 heterocycles. The largest absolute Gasteiger partial charge is 0.485 e. The van der Waals surface area contributed by atoms with Gasteiger partial charge in [-0.15, -0.1) is 10.2 Å². The molecule has 0 radical (unpaired) electrons. The summed E-state index contributed by atoms with van der Waals surface area (Å²) in [5.74, 6) is 1.03. The summed E-state index contributed by atoms with van der Waals surface area (Å²) in [6, 6.07) is 17.6. The van der Waals surface area contributed by atoms with Crippen molar-refractivity contribution in [2.75, 3.05) is 13.1 Å². The molecule has 1 fully saturated rings. The van der Waals surface area contributed by atoms with E-state index in [9.17, 15) is 9.59 Å². The van der Waals surface area contributed by atoms with Crippen LogP contribution in [0.5, 0.6) is 5.75 Å². The zero-order valence-electron chi connectivity index (χ0n) is 19.4. The van der Waals surface area contributed by atoms with Gasteiger partial charge >= 0.3 is 0 Å². The summed E-state index contributed by atoms with van der Waals surface area (Å²) < 4.78 is 7.97. The van der Waals surface area contributed by atoms with Crippen LogP contribution in [0.2, 0.25) is 0 Å². The molecular weight excluding hydrogens is 450 g/mol. The van der Waals surface area contributed by atoms with E-state index in [0.717, 1.165) is 17.0 Å². The first-order valence-corrected chi connectivity index (χ1v) is 12.2. The number of hydrogen-bond acceptors (Lipinski definition) is 6. The van der Waals surface area contributed by atoms with Crippen LogP contribution in [0, 0.1) is 12.8 Å². The maximum Gasteiger partial charge on any atom is 0.235 e. The lowest BCUT2D eigenvalue weighted by atomic mass is 9.96. The molecule has 0 bridgehead atoms. The zero-order valence-corrected chi connectivity index (χ0v) is 20.2. The standard InChI is InChI=1S/C25H29N5O3S/c1-17-8-6-7-11-21(17)33-16-22-27-28-25(30(22)20-9-4-3-5-10-20)34-18(2)24(32)29-14-12-19(13-15-29)23(26)31/h3-11,18-19H,12-16H2,1-2H3,(H2,26,31). The van der Waals surface area contributed by atoms with Gasteiger partial charge in [0.25, 0.3) is 0 Å². The van der Waals surface area contributed by atoms with Crippen LogP contribution >= 0.6 is 11.8 Å². The summed E-state index contributed by atoms with van der Waals surface area (Å²) in [6.45, 7) is 5.20. The summed E-state index contributed by atoms with van der Waals surface area (Å²) in [4.78, 5) is 26.3. The number of piperidine rings is 1. The number of nitrogens with zero attached hydrogens (tertiary/aromatic N) is 4. The van der Waals surface area contributed by atoms with E-state index in [1.165, 1.54) is 11.8 Å². The molecular formula is C25H29N5O3S. The van der Waals surface area contributed by atoms with Crippen molar-refractivity contribution in [2.45, 2.75) is 43.7 Å². The van der Waals surface area contributed by atoms with Crippen molar-refractivity contribution in [3.63, 3.8) is 0 Å². The molecule has 0 aliphatic carbocycles. The molecule has 8 nitrogen and oxygen atoms in total. The molecule has 1 aliphatic heterocycles. The first-order chi connectivity index (χ1) is 16.4. The summed E-state index contributed by atoms with van der Waals surface area (Å²) >= 11 is 1.37. The first kappa shape index (κ1) is 23.8. The number of aromatic nitrogens is 3. The van der Waals surface area contributed by atoms with Gasteiger partial charge in [0, 0.05) is 24.7 Å². The van der Waals surface area contributed by atoms with E-state index in [2.05, 4.69) is 10.2 Å². The van der Waals surface area contributed by atoms with Gasteiger partial charge in [0.15, 0.2) is 11.0 Å². The third kappa shape index (κ3) is 5.41. The fourth-order valence-corrected chi connectivity index (χ4v) is 4.99. The molecule has 34 heavy (non-hydrogen) atoms. The Kier molecular flexibility index (Phi) is 7.52. The molecule has 1 aromatic heterocycles. The van der Waals surface area contributed by atoms with Crippen LogP contribution < -0.4 is 10.5 Å². The molecule has 1 aliphatic rings. The highest BCUT2D eigenvalue weighted by molar-refractivity contribution is 8.00. The molecule has 3 aromatic rings. The minimum atomic E-state index is -0.359. The molecule has 1 unspecified atom stereocenters. The van der Waals surface area contributed by atoms with E-state index in [1.807, 2.05) is 77.9 Å². The van der Waals surface area contributed by atoms with Gasteiger partial charge in [0.05, 0.1) is 5.25 Å². The van der Waals surface area contributed by atoms with Crippen molar-refractivity contribution in [1.29, 1.82) is 0 Å². The number of ether oxygens (including phenoxy) is 1. The fraction of sp³-hybridized carbons (Fsp3) is 0.360. The average molecular weight is 480 g/mol. The highest BCUT2D eigenvalue weighted by Crippen LogP contribution is 2.29. The Morgan fingerprint density at radius 2 is 1.76 bits per heavy atom. The second kappa shape index (κ2) is 10.7. The molecule has 0 saturated carbocycles. The van der Waals surface area contributed by atoms with E-state index < -0.39 is 0 Å². The van der Waals surface area contributed by atoms with Crippen molar-refractivity contribution >= 4 is 23.6 Å². The molecule has 0 spiro atoms. The first-order valence-electron chi connectivity index (χ1n) is 11.4. The number of amides is 2. The Labute approximate surface area is 203 Å². The van der Waals surface area contributed by atoms with Gasteiger partial charge in [-0.25, -0.2) is 0 Å². The number of hydrogen-bond donors (Lipinski definition) is 1. The van der Waals surface area contributed by atoms with Crippen molar-refractivity contribution in [3.05, 3.63) is 66.0 Å². The third-order valence-electron chi connectivity index (χ3n) is 6.00. The van der Waals surface area contributed by atoms with Crippen molar-refractivity contribution in [3.8, 4) is 11.4 Å². The lowest BCUT2D eigenvalue weighted by Gasteiger charge is -2.32. The Bertz CT molecular complexity index is 1140. The van der Waals surface area contributed by atoms with E-state index in [0.29, 0.717) is 36.9 Å². The minimum Gasteiger partial charge on any atom is -0.485 e. The maximum atomic E-state index is 13.1. The normalized spacial score (nSPS) is 15.2. The molecule has 9 heteroatoms. The van der Waals surface area contributed by atoms with Crippen molar-refractivity contribution in [1.82, 2.24) is 19.7 Å². The summed E-state index contributed by atoms with van der Waals surface area (Å²) in [7, 11) is 0. The lowest BCUT2D eigenvalue weighted by Crippen LogP contribution is -2.44. The molecule has 2 amide bonds. The number of rotatable bonds is 8. The number of thioether (sulfide) groups is 1. The molecule has 2 N–H and O–H groups in total. The zero-order chi connectivity index (χ0) is 24.1.